The summed E-state index contributed by atoms with van der Waals surface area (Å²) in [7, 11) is -2.36. The molecule has 0 bridgehead atoms. The largest absolute Gasteiger partial charge is 0.407 e. The Bertz CT molecular complexity index is 635. The summed E-state index contributed by atoms with van der Waals surface area (Å²) in [5.74, 6) is 6.10. The SMILES string of the molecule is CC#CCCCO[Si](c1ccccc1)(c1ccccc1)C(C)(C)C. The first-order valence-corrected chi connectivity index (χ1v) is 10.6. The van der Waals surface area contributed by atoms with Gasteiger partial charge in [-0.15, -0.1) is 11.8 Å². The lowest BCUT2D eigenvalue weighted by Gasteiger charge is -2.43. The lowest BCUT2D eigenvalue weighted by Crippen LogP contribution is -2.66. The molecule has 0 aliphatic heterocycles. The van der Waals surface area contributed by atoms with Crippen LogP contribution in [0.2, 0.25) is 5.04 Å². The van der Waals surface area contributed by atoms with Crippen LogP contribution in [0, 0.1) is 11.8 Å². The molecule has 0 unspecified atom stereocenters. The van der Waals surface area contributed by atoms with Gasteiger partial charge in [0.2, 0.25) is 0 Å². The maximum absolute atomic E-state index is 6.78. The van der Waals surface area contributed by atoms with Crippen LogP contribution in [0.1, 0.15) is 40.5 Å². The molecule has 0 heterocycles. The molecule has 0 aliphatic carbocycles. The molecule has 0 atom stereocenters. The van der Waals surface area contributed by atoms with E-state index in [0.29, 0.717) is 0 Å². The summed E-state index contributed by atoms with van der Waals surface area (Å²) in [4.78, 5) is 0. The van der Waals surface area contributed by atoms with Crippen molar-refractivity contribution < 1.29 is 4.43 Å². The Labute approximate surface area is 148 Å². The van der Waals surface area contributed by atoms with Gasteiger partial charge >= 0.3 is 0 Å². The number of benzene rings is 2. The zero-order valence-electron chi connectivity index (χ0n) is 15.3. The predicted molar refractivity (Wildman–Crippen MR) is 106 cm³/mol. The van der Waals surface area contributed by atoms with E-state index in [9.17, 15) is 0 Å². The first-order chi connectivity index (χ1) is 11.5. The quantitative estimate of drug-likeness (QED) is 0.432. The smallest absolute Gasteiger partial charge is 0.261 e. The summed E-state index contributed by atoms with van der Waals surface area (Å²) in [5.41, 5.74) is 0. The van der Waals surface area contributed by atoms with Gasteiger partial charge in [0.05, 0.1) is 0 Å². The second-order valence-corrected chi connectivity index (χ2v) is 11.3. The summed E-state index contributed by atoms with van der Waals surface area (Å²) in [6.07, 6.45) is 1.88. The molecule has 0 N–H and O–H groups in total. The first kappa shape index (κ1) is 18.5. The molecule has 0 aliphatic rings. The van der Waals surface area contributed by atoms with Crippen LogP contribution in [0.3, 0.4) is 0 Å². The van der Waals surface area contributed by atoms with Crippen molar-refractivity contribution in [3.8, 4) is 11.8 Å². The van der Waals surface area contributed by atoms with E-state index in [1.165, 1.54) is 10.4 Å². The fourth-order valence-electron chi connectivity index (χ4n) is 3.27. The van der Waals surface area contributed by atoms with Gasteiger partial charge in [0, 0.05) is 13.0 Å². The van der Waals surface area contributed by atoms with Gasteiger partial charge in [-0.3, -0.25) is 0 Å². The summed E-state index contributed by atoms with van der Waals surface area (Å²) in [5, 5.41) is 2.72. The zero-order chi connectivity index (χ0) is 17.5. The molecule has 0 saturated carbocycles. The standard InChI is InChI=1S/C22H28OSi/c1-5-6-7-14-19-23-24(22(2,3)4,20-15-10-8-11-16-20)21-17-12-9-13-18-21/h8-13,15-18H,7,14,19H2,1-4H3. The molecular formula is C22H28OSi. The summed E-state index contributed by atoms with van der Waals surface area (Å²) in [6, 6.07) is 21.6. The molecule has 0 radical (unpaired) electrons. The monoisotopic (exact) mass is 336 g/mol. The number of hydrogen-bond donors (Lipinski definition) is 0. The summed E-state index contributed by atoms with van der Waals surface area (Å²) >= 11 is 0. The maximum atomic E-state index is 6.78. The molecule has 0 amide bonds. The molecule has 1 nitrogen and oxygen atoms in total. The Morgan fingerprint density at radius 2 is 1.38 bits per heavy atom. The van der Waals surface area contributed by atoms with Crippen molar-refractivity contribution >= 4 is 18.7 Å². The minimum Gasteiger partial charge on any atom is -0.407 e. The highest BCUT2D eigenvalue weighted by molar-refractivity contribution is 6.99. The molecule has 2 rings (SSSR count). The zero-order valence-corrected chi connectivity index (χ0v) is 16.3. The topological polar surface area (TPSA) is 9.23 Å². The normalized spacial score (nSPS) is 11.7. The average Bonchev–Trinajstić information content (AvgIpc) is 2.59. The molecule has 0 saturated heterocycles. The summed E-state index contributed by atoms with van der Waals surface area (Å²) < 4.78 is 6.78. The number of hydrogen-bond acceptors (Lipinski definition) is 1. The average molecular weight is 337 g/mol. The van der Waals surface area contributed by atoms with E-state index in [0.717, 1.165) is 19.4 Å². The van der Waals surface area contributed by atoms with Crippen LogP contribution >= 0.6 is 0 Å². The van der Waals surface area contributed by atoms with Crippen LogP contribution in [0.25, 0.3) is 0 Å². The van der Waals surface area contributed by atoms with Crippen LogP contribution in [0.4, 0.5) is 0 Å². The van der Waals surface area contributed by atoms with Crippen LogP contribution in [-0.4, -0.2) is 14.9 Å². The first-order valence-electron chi connectivity index (χ1n) is 8.67. The molecule has 0 fully saturated rings. The number of unbranched alkanes of at least 4 members (excludes halogenated alkanes) is 1. The van der Waals surface area contributed by atoms with Gasteiger partial charge in [-0.25, -0.2) is 0 Å². The van der Waals surface area contributed by atoms with Crippen molar-refractivity contribution in [2.75, 3.05) is 6.61 Å². The van der Waals surface area contributed by atoms with Crippen molar-refractivity contribution in [2.24, 2.45) is 0 Å². The second kappa shape index (κ2) is 8.33. The lowest BCUT2D eigenvalue weighted by atomic mass is 10.2. The van der Waals surface area contributed by atoms with E-state index < -0.39 is 8.32 Å². The molecule has 0 spiro atoms. The van der Waals surface area contributed by atoms with Crippen molar-refractivity contribution in [2.45, 2.75) is 45.6 Å². The van der Waals surface area contributed by atoms with E-state index in [1.807, 2.05) is 6.92 Å². The lowest BCUT2D eigenvalue weighted by molar-refractivity contribution is 0.293. The van der Waals surface area contributed by atoms with Gasteiger partial charge < -0.3 is 4.43 Å². The second-order valence-electron chi connectivity index (χ2n) is 7.04. The van der Waals surface area contributed by atoms with Gasteiger partial charge in [-0.1, -0.05) is 81.4 Å². The maximum Gasteiger partial charge on any atom is 0.261 e. The van der Waals surface area contributed by atoms with Crippen LogP contribution in [-0.2, 0) is 4.43 Å². The third kappa shape index (κ3) is 3.98. The molecule has 24 heavy (non-hydrogen) atoms. The van der Waals surface area contributed by atoms with Crippen LogP contribution in [0.5, 0.6) is 0 Å². The van der Waals surface area contributed by atoms with Crippen molar-refractivity contribution in [3.63, 3.8) is 0 Å². The highest BCUT2D eigenvalue weighted by Crippen LogP contribution is 2.36. The molecule has 126 valence electrons. The Hall–Kier alpha value is -1.82. The van der Waals surface area contributed by atoms with Gasteiger partial charge in [-0.2, -0.15) is 0 Å². The fraction of sp³-hybridized carbons (Fsp3) is 0.364. The Morgan fingerprint density at radius 1 is 0.875 bits per heavy atom. The van der Waals surface area contributed by atoms with Crippen LogP contribution < -0.4 is 10.4 Å². The van der Waals surface area contributed by atoms with Crippen molar-refractivity contribution in [3.05, 3.63) is 60.7 Å². The van der Waals surface area contributed by atoms with Gasteiger partial charge in [0.15, 0.2) is 0 Å². The van der Waals surface area contributed by atoms with E-state index in [-0.39, 0.29) is 5.04 Å². The number of rotatable bonds is 6. The molecule has 0 aromatic heterocycles. The predicted octanol–water partition coefficient (Wildman–Crippen LogP) is 4.37. The fourth-order valence-corrected chi connectivity index (χ4v) is 7.88. The van der Waals surface area contributed by atoms with E-state index >= 15 is 0 Å². The van der Waals surface area contributed by atoms with Gasteiger partial charge in [0.1, 0.15) is 0 Å². The molecule has 2 aromatic carbocycles. The van der Waals surface area contributed by atoms with Gasteiger partial charge in [0.25, 0.3) is 8.32 Å². The van der Waals surface area contributed by atoms with Crippen LogP contribution in [0.15, 0.2) is 60.7 Å². The van der Waals surface area contributed by atoms with Crippen molar-refractivity contribution in [1.82, 2.24) is 0 Å². The van der Waals surface area contributed by atoms with E-state index in [1.54, 1.807) is 0 Å². The van der Waals surface area contributed by atoms with E-state index in [2.05, 4.69) is 93.3 Å². The molecular weight excluding hydrogens is 308 g/mol. The van der Waals surface area contributed by atoms with E-state index in [4.69, 9.17) is 4.43 Å². The highest BCUT2D eigenvalue weighted by atomic mass is 28.4. The third-order valence-corrected chi connectivity index (χ3v) is 9.40. The highest BCUT2D eigenvalue weighted by Gasteiger charge is 2.49. The Morgan fingerprint density at radius 3 is 1.79 bits per heavy atom. The Kier molecular flexibility index (Phi) is 6.42. The van der Waals surface area contributed by atoms with Gasteiger partial charge in [-0.05, 0) is 28.8 Å². The van der Waals surface area contributed by atoms with Crippen molar-refractivity contribution in [1.29, 1.82) is 0 Å². The minimum absolute atomic E-state index is 0.0478. The molecule has 2 heteroatoms. The Balaban J connectivity index is 2.46. The third-order valence-electron chi connectivity index (χ3n) is 4.36. The minimum atomic E-state index is -2.36. The summed E-state index contributed by atoms with van der Waals surface area (Å²) in [6.45, 7) is 9.58. The molecule has 2 aromatic rings.